The number of ether oxygens (including phenoxy) is 2. The van der Waals surface area contributed by atoms with Crippen LogP contribution >= 0.6 is 0 Å². The first-order valence-corrected chi connectivity index (χ1v) is 4.72. The fourth-order valence-electron chi connectivity index (χ4n) is 1.14. The van der Waals surface area contributed by atoms with Crippen molar-refractivity contribution in [1.82, 2.24) is 0 Å². The summed E-state index contributed by atoms with van der Waals surface area (Å²) in [6.45, 7) is 4.74. The molecule has 0 amide bonds. The maximum Gasteiger partial charge on any atom is 0.138 e. The first kappa shape index (κ1) is 10.7. The van der Waals surface area contributed by atoms with E-state index in [0.717, 1.165) is 6.42 Å². The Bertz CT molecular complexity index is 179. The van der Waals surface area contributed by atoms with E-state index >= 15 is 0 Å². The van der Waals surface area contributed by atoms with Crippen LogP contribution in [0.2, 0.25) is 0 Å². The largest absolute Gasteiger partial charge is 0.379 e. The molecule has 1 aliphatic rings. The Morgan fingerprint density at radius 3 is 2.54 bits per heavy atom. The van der Waals surface area contributed by atoms with E-state index in [1.54, 1.807) is 7.11 Å². The van der Waals surface area contributed by atoms with Crippen LogP contribution in [0.5, 0.6) is 0 Å². The second-order valence-corrected chi connectivity index (χ2v) is 4.15. The Kier molecular flexibility index (Phi) is 3.45. The Labute approximate surface area is 79.4 Å². The fraction of sp³-hybridized carbons (Fsp3) is 0.900. The Morgan fingerprint density at radius 2 is 2.08 bits per heavy atom. The number of rotatable bonds is 5. The highest BCUT2D eigenvalue weighted by Crippen LogP contribution is 2.20. The Hall–Kier alpha value is -0.410. The van der Waals surface area contributed by atoms with E-state index in [0.29, 0.717) is 25.2 Å². The highest BCUT2D eigenvalue weighted by molar-refractivity contribution is 5.85. The van der Waals surface area contributed by atoms with Gasteiger partial charge in [0.2, 0.25) is 0 Å². The summed E-state index contributed by atoms with van der Waals surface area (Å²) < 4.78 is 10.7. The molecule has 0 spiro atoms. The molecular formula is C10H18O3. The number of hydrogen-bond donors (Lipinski definition) is 0. The smallest absolute Gasteiger partial charge is 0.138 e. The molecule has 1 aliphatic carbocycles. The number of carbonyl (C=O) groups excluding carboxylic acids is 1. The predicted octanol–water partition coefficient (Wildman–Crippen LogP) is 1.55. The van der Waals surface area contributed by atoms with Crippen LogP contribution in [-0.2, 0) is 14.3 Å². The third-order valence-electron chi connectivity index (χ3n) is 2.52. The van der Waals surface area contributed by atoms with Crippen molar-refractivity contribution in [3.8, 4) is 0 Å². The molecule has 0 radical (unpaired) electrons. The van der Waals surface area contributed by atoms with Crippen molar-refractivity contribution in [3.63, 3.8) is 0 Å². The molecule has 0 N–H and O–H groups in total. The van der Waals surface area contributed by atoms with Gasteiger partial charge in [-0.3, -0.25) is 4.79 Å². The summed E-state index contributed by atoms with van der Waals surface area (Å²) >= 11 is 0. The molecule has 1 fully saturated rings. The zero-order valence-electron chi connectivity index (χ0n) is 8.63. The third kappa shape index (κ3) is 3.44. The van der Waals surface area contributed by atoms with Crippen molar-refractivity contribution in [1.29, 1.82) is 0 Å². The molecule has 0 aromatic carbocycles. The van der Waals surface area contributed by atoms with Crippen molar-refractivity contribution >= 4 is 5.78 Å². The van der Waals surface area contributed by atoms with Gasteiger partial charge < -0.3 is 9.47 Å². The first-order valence-electron chi connectivity index (χ1n) is 4.72. The summed E-state index contributed by atoms with van der Waals surface area (Å²) in [5, 5.41) is 0. The molecule has 0 aromatic heterocycles. The molecule has 1 rings (SSSR count). The van der Waals surface area contributed by atoms with Crippen LogP contribution in [0.25, 0.3) is 0 Å². The summed E-state index contributed by atoms with van der Waals surface area (Å²) in [4.78, 5) is 10.6. The zero-order valence-corrected chi connectivity index (χ0v) is 8.63. The van der Waals surface area contributed by atoms with E-state index in [4.69, 9.17) is 9.47 Å². The van der Waals surface area contributed by atoms with Crippen molar-refractivity contribution in [2.75, 3.05) is 13.7 Å². The van der Waals surface area contributed by atoms with Gasteiger partial charge >= 0.3 is 0 Å². The first-order chi connectivity index (χ1) is 6.03. The standard InChI is InChI=1S/C10H18O3/c1-10(2,12-3)4-5-13-9-6-8(11)7-9/h9H,4-7H2,1-3H3. The van der Waals surface area contributed by atoms with E-state index in [1.807, 2.05) is 13.8 Å². The van der Waals surface area contributed by atoms with Gasteiger partial charge in [0.15, 0.2) is 0 Å². The number of Topliss-reactive ketones (excluding diaryl/α,β-unsaturated/α-hetero) is 1. The average Bonchev–Trinajstić information content (AvgIpc) is 2.01. The second-order valence-electron chi connectivity index (χ2n) is 4.15. The molecule has 0 unspecified atom stereocenters. The lowest BCUT2D eigenvalue weighted by Gasteiger charge is -2.27. The van der Waals surface area contributed by atoms with Gasteiger partial charge in [-0.1, -0.05) is 0 Å². The monoisotopic (exact) mass is 186 g/mol. The van der Waals surface area contributed by atoms with Gasteiger partial charge in [-0.25, -0.2) is 0 Å². The Morgan fingerprint density at radius 1 is 1.46 bits per heavy atom. The summed E-state index contributed by atoms with van der Waals surface area (Å²) in [7, 11) is 1.70. The summed E-state index contributed by atoms with van der Waals surface area (Å²) in [6.07, 6.45) is 2.26. The van der Waals surface area contributed by atoms with Crippen molar-refractivity contribution in [3.05, 3.63) is 0 Å². The summed E-state index contributed by atoms with van der Waals surface area (Å²) in [5.41, 5.74) is -0.117. The number of hydrogen-bond acceptors (Lipinski definition) is 3. The highest BCUT2D eigenvalue weighted by Gasteiger charge is 2.27. The molecule has 0 aromatic rings. The summed E-state index contributed by atoms with van der Waals surface area (Å²) in [6, 6.07) is 0. The lowest BCUT2D eigenvalue weighted by Crippen LogP contribution is -2.33. The molecule has 0 bridgehead atoms. The zero-order chi connectivity index (χ0) is 9.90. The van der Waals surface area contributed by atoms with Crippen LogP contribution < -0.4 is 0 Å². The molecule has 0 heterocycles. The topological polar surface area (TPSA) is 35.5 Å². The van der Waals surface area contributed by atoms with Gasteiger partial charge in [0, 0.05) is 26.6 Å². The van der Waals surface area contributed by atoms with Crippen LogP contribution in [0.1, 0.15) is 33.1 Å². The summed E-state index contributed by atoms with van der Waals surface area (Å²) in [5.74, 6) is 0.316. The number of methoxy groups -OCH3 is 1. The fourth-order valence-corrected chi connectivity index (χ4v) is 1.14. The van der Waals surface area contributed by atoms with Gasteiger partial charge in [-0.15, -0.1) is 0 Å². The Balaban J connectivity index is 2.04. The van der Waals surface area contributed by atoms with E-state index in [2.05, 4.69) is 0 Å². The number of carbonyl (C=O) groups is 1. The molecule has 3 nitrogen and oxygen atoms in total. The van der Waals surface area contributed by atoms with Crippen LogP contribution in [0.4, 0.5) is 0 Å². The lowest BCUT2D eigenvalue weighted by atomic mass is 9.94. The molecule has 1 saturated carbocycles. The third-order valence-corrected chi connectivity index (χ3v) is 2.52. The lowest BCUT2D eigenvalue weighted by molar-refractivity contribution is -0.135. The van der Waals surface area contributed by atoms with Gasteiger partial charge in [-0.05, 0) is 20.3 Å². The number of ketones is 1. The SMILES string of the molecule is COC(C)(C)CCOC1CC(=O)C1. The molecule has 13 heavy (non-hydrogen) atoms. The highest BCUT2D eigenvalue weighted by atomic mass is 16.5. The van der Waals surface area contributed by atoms with Crippen LogP contribution in [0.15, 0.2) is 0 Å². The molecule has 0 atom stereocenters. The quantitative estimate of drug-likeness (QED) is 0.653. The van der Waals surface area contributed by atoms with Gasteiger partial charge in [-0.2, -0.15) is 0 Å². The van der Waals surface area contributed by atoms with Crippen LogP contribution in [-0.4, -0.2) is 31.2 Å². The van der Waals surface area contributed by atoms with Gasteiger partial charge in [0.1, 0.15) is 5.78 Å². The van der Waals surface area contributed by atoms with Gasteiger partial charge in [0.05, 0.1) is 11.7 Å². The van der Waals surface area contributed by atoms with Crippen LogP contribution in [0.3, 0.4) is 0 Å². The molecule has 0 saturated heterocycles. The van der Waals surface area contributed by atoms with Crippen LogP contribution in [0, 0.1) is 0 Å². The van der Waals surface area contributed by atoms with E-state index < -0.39 is 0 Å². The molecule has 76 valence electrons. The minimum Gasteiger partial charge on any atom is -0.379 e. The van der Waals surface area contributed by atoms with Crippen molar-refractivity contribution in [2.24, 2.45) is 0 Å². The minimum atomic E-state index is -0.117. The minimum absolute atomic E-state index is 0.117. The second kappa shape index (κ2) is 4.20. The van der Waals surface area contributed by atoms with E-state index in [1.165, 1.54) is 0 Å². The average molecular weight is 186 g/mol. The van der Waals surface area contributed by atoms with Gasteiger partial charge in [0.25, 0.3) is 0 Å². The van der Waals surface area contributed by atoms with Crippen molar-refractivity contribution in [2.45, 2.75) is 44.8 Å². The predicted molar refractivity (Wildman–Crippen MR) is 49.7 cm³/mol. The van der Waals surface area contributed by atoms with E-state index in [9.17, 15) is 4.79 Å². The molecule has 3 heteroatoms. The van der Waals surface area contributed by atoms with E-state index in [-0.39, 0.29) is 11.7 Å². The molecule has 0 aliphatic heterocycles. The maximum absolute atomic E-state index is 10.6. The van der Waals surface area contributed by atoms with Crippen molar-refractivity contribution < 1.29 is 14.3 Å². The maximum atomic E-state index is 10.6. The normalized spacial score (nSPS) is 18.8. The molecular weight excluding hydrogens is 168 g/mol.